The number of aliphatic hydroxyl groups excluding tert-OH is 20. The second-order valence-electron chi connectivity index (χ2n) is 21.1. The number of carbonyl (C=O) groups is 2. The summed E-state index contributed by atoms with van der Waals surface area (Å²) in [6, 6.07) is -3.50. The second-order valence-corrected chi connectivity index (χ2v) is 21.1. The Morgan fingerprint density at radius 2 is 0.687 bits per heavy atom. The molecule has 35 atom stereocenters. The van der Waals surface area contributed by atoms with Crippen molar-refractivity contribution in [1.29, 1.82) is 0 Å². The zero-order chi connectivity index (χ0) is 61.2. The molecule has 0 aromatic carbocycles. The number of rotatable bonds is 20. The molecule has 37 nitrogen and oxygen atoms in total. The molecule has 482 valence electrons. The predicted molar refractivity (Wildman–Crippen MR) is 254 cm³/mol. The molecule has 7 aliphatic heterocycles. The Hall–Kier alpha value is -2.38. The lowest BCUT2D eigenvalue weighted by atomic mass is 9.94. The average Bonchev–Trinajstić information content (AvgIpc) is 3.46. The Kier molecular flexibility index (Phi) is 24.0. The fourth-order valence-electron chi connectivity index (χ4n) is 10.5. The minimum absolute atomic E-state index is 0.760. The lowest BCUT2D eigenvalue weighted by molar-refractivity contribution is -0.387. The van der Waals surface area contributed by atoms with Crippen LogP contribution in [0.25, 0.3) is 0 Å². The number of nitrogens with one attached hydrogen (secondary N) is 2. The molecule has 0 radical (unpaired) electrons. The first-order chi connectivity index (χ1) is 39.2. The van der Waals surface area contributed by atoms with Gasteiger partial charge in [0.25, 0.3) is 0 Å². The standard InChI is InChI=1S/C46H78N2O35/c1-10-21(55)28(62)31(65)42(73-10)72-9-18-37(26(60)19(40(70)74-18)47-11(2)53)80-41-20(48-12(3)54)27(61)36(16(7-52)78-41)81-46-35(69)39(83-45-33(67)30(64)23(57)14(5-50)77-45)25(59)17(79-46)8-71-43-34(68)38(24(58)15(6-51)75-43)82-44-32(66)29(63)22(56)13(4-49)76-44/h10,13-46,49-52,55-70H,4-9H2,1-3H3,(H,47,53)(H,48,54)/t10-,13+,14+,15+,16+,17+,18+,19+,20+,21+,22+,23+,24+,25+,26+,27+,28+,29-,30-,31-,32-,33-,34-,35-,36+,37+,38-,39-,40+,41-,42+,43-,44+,45+,46-/m0/s1. The van der Waals surface area contributed by atoms with Gasteiger partial charge >= 0.3 is 0 Å². The van der Waals surface area contributed by atoms with Crippen molar-refractivity contribution in [3.8, 4) is 0 Å². The molecule has 2 amide bonds. The van der Waals surface area contributed by atoms with Crippen LogP contribution >= 0.6 is 0 Å². The molecule has 7 rings (SSSR count). The van der Waals surface area contributed by atoms with Gasteiger partial charge in [0, 0.05) is 13.8 Å². The number of amides is 2. The van der Waals surface area contributed by atoms with Crippen molar-refractivity contribution in [3.63, 3.8) is 0 Å². The molecular formula is C46H78N2O35. The number of carbonyl (C=O) groups excluding carboxylic acids is 2. The second kappa shape index (κ2) is 29.3. The molecule has 0 saturated carbocycles. The predicted octanol–water partition coefficient (Wildman–Crippen LogP) is -15.0. The monoisotopic (exact) mass is 1220 g/mol. The van der Waals surface area contributed by atoms with Crippen molar-refractivity contribution in [2.75, 3.05) is 39.6 Å². The van der Waals surface area contributed by atoms with Crippen LogP contribution in [0.3, 0.4) is 0 Å². The van der Waals surface area contributed by atoms with E-state index in [1.54, 1.807) is 0 Å². The normalized spacial score (nSPS) is 50.8. The zero-order valence-electron chi connectivity index (χ0n) is 44.5. The third-order valence-corrected chi connectivity index (χ3v) is 15.3. The van der Waals surface area contributed by atoms with E-state index in [0.717, 1.165) is 13.8 Å². The molecular weight excluding hydrogens is 1140 g/mol. The van der Waals surface area contributed by atoms with Crippen LogP contribution in [-0.4, -0.2) is 368 Å². The molecule has 7 heterocycles. The van der Waals surface area contributed by atoms with Gasteiger partial charge in [0.15, 0.2) is 44.0 Å². The Balaban J connectivity index is 1.14. The maximum Gasteiger partial charge on any atom is 0.217 e. The summed E-state index contributed by atoms with van der Waals surface area (Å²) in [5.41, 5.74) is 0. The van der Waals surface area contributed by atoms with Gasteiger partial charge in [-0.25, -0.2) is 0 Å². The smallest absolute Gasteiger partial charge is 0.217 e. The van der Waals surface area contributed by atoms with Crippen LogP contribution < -0.4 is 10.6 Å². The van der Waals surface area contributed by atoms with E-state index >= 15 is 0 Å². The summed E-state index contributed by atoms with van der Waals surface area (Å²) >= 11 is 0. The Bertz CT molecular complexity index is 2040. The van der Waals surface area contributed by atoms with Crippen LogP contribution in [0.5, 0.6) is 0 Å². The SMILES string of the molecule is CC(=O)N[C@@H]1[C@@H](O)[C@H](O[C@@H]2O[C@H](CO)[C@@H](O[C@@H]3O[C@H](CO[C@H]4O[C@H](CO)[C@@H](O)[C@H](O[C@H]5O[C@H](CO)[C@@H](O)[C@H](O)[C@@H]5O)[C@@H]4O)[C@@H](O)[C@H](O[C@H]4O[C@H](CO)[C@@H](O)[C@H](O)[C@@H]4O)[C@@H]3O)[C@H](O)[C@H]2NC(C)=O)[C@@H](CO[C@@H]2O[C@@H](C)[C@@H](O)[C@@H](O)[C@@H]2O)O[C@H]1O. The molecule has 83 heavy (non-hydrogen) atoms. The molecule has 7 aliphatic rings. The van der Waals surface area contributed by atoms with Gasteiger partial charge in [-0.15, -0.1) is 0 Å². The van der Waals surface area contributed by atoms with Crippen LogP contribution in [0, 0.1) is 0 Å². The highest BCUT2D eigenvalue weighted by molar-refractivity contribution is 5.73. The molecule has 7 saturated heterocycles. The van der Waals surface area contributed by atoms with Gasteiger partial charge in [0.1, 0.15) is 165 Å². The summed E-state index contributed by atoms with van der Waals surface area (Å²) < 4.78 is 74.5. The highest BCUT2D eigenvalue weighted by atomic mass is 16.8. The van der Waals surface area contributed by atoms with E-state index in [1.807, 2.05) is 0 Å². The van der Waals surface area contributed by atoms with E-state index < -0.39 is 266 Å². The first-order valence-corrected chi connectivity index (χ1v) is 26.5. The van der Waals surface area contributed by atoms with E-state index in [0.29, 0.717) is 0 Å². The topological polar surface area (TPSA) is 583 Å². The molecule has 7 fully saturated rings. The van der Waals surface area contributed by atoms with E-state index in [9.17, 15) is 112 Å². The van der Waals surface area contributed by atoms with Gasteiger partial charge in [-0.1, -0.05) is 0 Å². The third kappa shape index (κ3) is 14.9. The zero-order valence-corrected chi connectivity index (χ0v) is 44.5. The summed E-state index contributed by atoms with van der Waals surface area (Å²) in [5, 5.41) is 220. The minimum atomic E-state index is -2.32. The minimum Gasteiger partial charge on any atom is -0.394 e. The average molecular weight is 1220 g/mol. The summed E-state index contributed by atoms with van der Waals surface area (Å²) in [6.45, 7) is -2.34. The van der Waals surface area contributed by atoms with Gasteiger partial charge < -0.3 is 174 Å². The number of hydrogen-bond acceptors (Lipinski definition) is 35. The largest absolute Gasteiger partial charge is 0.394 e. The van der Waals surface area contributed by atoms with Crippen molar-refractivity contribution in [2.24, 2.45) is 0 Å². The molecule has 22 N–H and O–H groups in total. The molecule has 0 bridgehead atoms. The van der Waals surface area contributed by atoms with Crippen molar-refractivity contribution >= 4 is 11.8 Å². The van der Waals surface area contributed by atoms with Crippen molar-refractivity contribution in [3.05, 3.63) is 0 Å². The van der Waals surface area contributed by atoms with Crippen molar-refractivity contribution < 1.29 is 173 Å². The summed E-state index contributed by atoms with van der Waals surface area (Å²) in [7, 11) is 0. The van der Waals surface area contributed by atoms with Crippen LogP contribution in [-0.2, 0) is 71.2 Å². The third-order valence-electron chi connectivity index (χ3n) is 15.3. The summed E-state index contributed by atoms with van der Waals surface area (Å²) in [4.78, 5) is 25.0. The summed E-state index contributed by atoms with van der Waals surface area (Å²) in [5.74, 6) is -1.66. The molecule has 37 heteroatoms. The van der Waals surface area contributed by atoms with Crippen molar-refractivity contribution in [2.45, 2.75) is 236 Å². The maximum atomic E-state index is 12.8. The highest BCUT2D eigenvalue weighted by Crippen LogP contribution is 2.37. The first-order valence-electron chi connectivity index (χ1n) is 26.5. The van der Waals surface area contributed by atoms with Crippen LogP contribution in [0.15, 0.2) is 0 Å². The molecule has 0 aromatic heterocycles. The number of aliphatic hydroxyl groups is 20. The van der Waals surface area contributed by atoms with E-state index in [2.05, 4.69) is 10.6 Å². The number of hydrogen-bond donors (Lipinski definition) is 22. The van der Waals surface area contributed by atoms with Crippen molar-refractivity contribution in [1.82, 2.24) is 10.6 Å². The molecule has 0 aromatic rings. The maximum absolute atomic E-state index is 12.8. The van der Waals surface area contributed by atoms with Gasteiger partial charge in [-0.2, -0.15) is 0 Å². The highest BCUT2D eigenvalue weighted by Gasteiger charge is 2.58. The van der Waals surface area contributed by atoms with Gasteiger partial charge in [0.2, 0.25) is 11.8 Å². The number of ether oxygens (including phenoxy) is 13. The summed E-state index contributed by atoms with van der Waals surface area (Å²) in [6.07, 6.45) is -62.9. The fourth-order valence-corrected chi connectivity index (χ4v) is 10.5. The Morgan fingerprint density at radius 3 is 1.20 bits per heavy atom. The van der Waals surface area contributed by atoms with Crippen LogP contribution in [0.2, 0.25) is 0 Å². The van der Waals surface area contributed by atoms with Crippen LogP contribution in [0.4, 0.5) is 0 Å². The van der Waals surface area contributed by atoms with E-state index in [1.165, 1.54) is 6.92 Å². The Labute approximate surface area is 470 Å². The fraction of sp³-hybridized carbons (Fsp3) is 0.957. The van der Waals surface area contributed by atoms with Gasteiger partial charge in [0.05, 0.1) is 45.7 Å². The van der Waals surface area contributed by atoms with Crippen LogP contribution in [0.1, 0.15) is 20.8 Å². The lowest BCUT2D eigenvalue weighted by Crippen LogP contribution is -2.70. The lowest BCUT2D eigenvalue weighted by Gasteiger charge is -2.50. The van der Waals surface area contributed by atoms with E-state index in [-0.39, 0.29) is 0 Å². The molecule has 0 spiro atoms. The first kappa shape index (κ1) is 68.1. The quantitative estimate of drug-likeness (QED) is 0.0538. The Morgan fingerprint density at radius 1 is 0.337 bits per heavy atom. The van der Waals surface area contributed by atoms with E-state index in [4.69, 9.17) is 61.6 Å². The van der Waals surface area contributed by atoms with Gasteiger partial charge in [-0.05, 0) is 6.92 Å². The van der Waals surface area contributed by atoms with Gasteiger partial charge in [-0.3, -0.25) is 9.59 Å². The molecule has 0 unspecified atom stereocenters. The molecule has 0 aliphatic carbocycles.